The summed E-state index contributed by atoms with van der Waals surface area (Å²) >= 11 is 0. The highest BCUT2D eigenvalue weighted by atomic mass is 16.5. The molecule has 0 aromatic rings. The normalized spacial score (nSPS) is 12.2. The molecule has 0 radical (unpaired) electrons. The van der Waals surface area contributed by atoms with Crippen molar-refractivity contribution in [3.8, 4) is 6.07 Å². The first-order valence-electron chi connectivity index (χ1n) is 4.40. The molecule has 74 valence electrons. The highest BCUT2D eigenvalue weighted by molar-refractivity contribution is 5.77. The minimum atomic E-state index is -0.400. The van der Waals surface area contributed by atoms with Crippen molar-refractivity contribution in [2.24, 2.45) is 0 Å². The SMILES string of the molecule is CCC(C#N)NC(=O)COC(C)C. The van der Waals surface area contributed by atoms with Gasteiger partial charge in [-0.3, -0.25) is 4.79 Å². The van der Waals surface area contributed by atoms with E-state index in [2.05, 4.69) is 5.32 Å². The first-order valence-corrected chi connectivity index (χ1v) is 4.40. The van der Waals surface area contributed by atoms with Crippen LogP contribution in [0.3, 0.4) is 0 Å². The molecule has 0 aliphatic carbocycles. The predicted molar refractivity (Wildman–Crippen MR) is 48.9 cm³/mol. The van der Waals surface area contributed by atoms with Crippen molar-refractivity contribution in [3.05, 3.63) is 0 Å². The number of hydrogen-bond acceptors (Lipinski definition) is 3. The Bertz CT molecular complexity index is 196. The maximum absolute atomic E-state index is 11.1. The third-order valence-electron chi connectivity index (χ3n) is 1.45. The van der Waals surface area contributed by atoms with Crippen LogP contribution >= 0.6 is 0 Å². The molecule has 1 amide bonds. The maximum Gasteiger partial charge on any atom is 0.247 e. The maximum atomic E-state index is 11.1. The fourth-order valence-corrected chi connectivity index (χ4v) is 0.704. The molecule has 0 aliphatic heterocycles. The molecule has 0 saturated carbocycles. The quantitative estimate of drug-likeness (QED) is 0.688. The fourth-order valence-electron chi connectivity index (χ4n) is 0.704. The van der Waals surface area contributed by atoms with Crippen LogP contribution < -0.4 is 5.32 Å². The number of rotatable bonds is 5. The second-order valence-electron chi connectivity index (χ2n) is 3.02. The molecule has 0 spiro atoms. The smallest absolute Gasteiger partial charge is 0.247 e. The van der Waals surface area contributed by atoms with E-state index >= 15 is 0 Å². The van der Waals surface area contributed by atoms with Gasteiger partial charge in [-0.25, -0.2) is 0 Å². The number of nitrogens with zero attached hydrogens (tertiary/aromatic N) is 1. The first kappa shape index (κ1) is 11.9. The van der Waals surface area contributed by atoms with Gasteiger partial charge >= 0.3 is 0 Å². The van der Waals surface area contributed by atoms with Gasteiger partial charge in [0.2, 0.25) is 5.91 Å². The summed E-state index contributed by atoms with van der Waals surface area (Å²) in [6.45, 7) is 5.58. The summed E-state index contributed by atoms with van der Waals surface area (Å²) in [7, 11) is 0. The van der Waals surface area contributed by atoms with Crippen LogP contribution in [0.25, 0.3) is 0 Å². The van der Waals surface area contributed by atoms with E-state index in [1.165, 1.54) is 0 Å². The average molecular weight is 184 g/mol. The highest BCUT2D eigenvalue weighted by Gasteiger charge is 2.09. The Balaban J connectivity index is 3.68. The van der Waals surface area contributed by atoms with Crippen molar-refractivity contribution in [2.75, 3.05) is 6.61 Å². The van der Waals surface area contributed by atoms with Crippen LogP contribution in [0, 0.1) is 11.3 Å². The summed E-state index contributed by atoms with van der Waals surface area (Å²) in [5.41, 5.74) is 0. The molecule has 13 heavy (non-hydrogen) atoms. The van der Waals surface area contributed by atoms with E-state index in [1.54, 1.807) is 0 Å². The monoisotopic (exact) mass is 184 g/mol. The summed E-state index contributed by atoms with van der Waals surface area (Å²) < 4.78 is 5.07. The zero-order chi connectivity index (χ0) is 10.3. The van der Waals surface area contributed by atoms with Gasteiger partial charge in [-0.1, -0.05) is 6.92 Å². The Morgan fingerprint density at radius 1 is 1.62 bits per heavy atom. The summed E-state index contributed by atoms with van der Waals surface area (Å²) in [4.78, 5) is 11.1. The van der Waals surface area contributed by atoms with Gasteiger partial charge < -0.3 is 10.1 Å². The highest BCUT2D eigenvalue weighted by Crippen LogP contribution is 1.90. The minimum absolute atomic E-state index is 0.0237. The van der Waals surface area contributed by atoms with Crippen LogP contribution in [0.1, 0.15) is 27.2 Å². The standard InChI is InChI=1S/C9H16N2O2/c1-4-8(5-10)11-9(12)6-13-7(2)3/h7-8H,4,6H2,1-3H3,(H,11,12). The van der Waals surface area contributed by atoms with Gasteiger partial charge in [-0.05, 0) is 20.3 Å². The average Bonchev–Trinajstić information content (AvgIpc) is 2.10. The molecule has 0 aromatic heterocycles. The zero-order valence-electron chi connectivity index (χ0n) is 8.33. The van der Waals surface area contributed by atoms with Crippen LogP contribution in [-0.4, -0.2) is 24.7 Å². The van der Waals surface area contributed by atoms with E-state index in [0.717, 1.165) is 0 Å². The number of nitriles is 1. The van der Waals surface area contributed by atoms with E-state index in [-0.39, 0.29) is 18.6 Å². The molecule has 0 aromatic carbocycles. The Labute approximate surface area is 78.9 Å². The summed E-state index contributed by atoms with van der Waals surface area (Å²) in [5, 5.41) is 11.1. The molecule has 1 N–H and O–H groups in total. The van der Waals surface area contributed by atoms with E-state index < -0.39 is 6.04 Å². The van der Waals surface area contributed by atoms with Crippen molar-refractivity contribution in [1.29, 1.82) is 5.26 Å². The second-order valence-corrected chi connectivity index (χ2v) is 3.02. The van der Waals surface area contributed by atoms with Crippen molar-refractivity contribution in [1.82, 2.24) is 5.32 Å². The van der Waals surface area contributed by atoms with Gasteiger partial charge in [0, 0.05) is 0 Å². The van der Waals surface area contributed by atoms with E-state index in [4.69, 9.17) is 10.00 Å². The number of ether oxygens (including phenoxy) is 1. The lowest BCUT2D eigenvalue weighted by atomic mass is 10.2. The van der Waals surface area contributed by atoms with Crippen LogP contribution in [0.15, 0.2) is 0 Å². The van der Waals surface area contributed by atoms with Crippen LogP contribution in [0.5, 0.6) is 0 Å². The van der Waals surface area contributed by atoms with Crippen molar-refractivity contribution < 1.29 is 9.53 Å². The number of carbonyl (C=O) groups is 1. The lowest BCUT2D eigenvalue weighted by molar-refractivity contribution is -0.127. The van der Waals surface area contributed by atoms with E-state index in [1.807, 2.05) is 26.8 Å². The van der Waals surface area contributed by atoms with Crippen LogP contribution in [0.4, 0.5) is 0 Å². The number of amides is 1. The summed E-state index contributed by atoms with van der Waals surface area (Å²) in [6.07, 6.45) is 0.650. The molecule has 4 nitrogen and oxygen atoms in total. The van der Waals surface area contributed by atoms with Crippen molar-refractivity contribution in [3.63, 3.8) is 0 Å². The molecule has 1 unspecified atom stereocenters. The Morgan fingerprint density at radius 3 is 2.62 bits per heavy atom. The van der Waals surface area contributed by atoms with Gasteiger partial charge in [0.15, 0.2) is 0 Å². The molecule has 0 saturated heterocycles. The minimum Gasteiger partial charge on any atom is -0.369 e. The topological polar surface area (TPSA) is 62.1 Å². The predicted octanol–water partition coefficient (Wildman–Crippen LogP) is 0.830. The molecule has 1 atom stereocenters. The second kappa shape index (κ2) is 6.44. The zero-order valence-corrected chi connectivity index (χ0v) is 8.33. The lowest BCUT2D eigenvalue weighted by Crippen LogP contribution is -2.36. The molecule has 0 fully saturated rings. The third-order valence-corrected chi connectivity index (χ3v) is 1.45. The fraction of sp³-hybridized carbons (Fsp3) is 0.778. The molecular weight excluding hydrogens is 168 g/mol. The van der Waals surface area contributed by atoms with E-state index in [0.29, 0.717) is 6.42 Å². The van der Waals surface area contributed by atoms with Gasteiger partial charge in [0.25, 0.3) is 0 Å². The van der Waals surface area contributed by atoms with Gasteiger partial charge in [0.1, 0.15) is 12.6 Å². The molecule has 0 bridgehead atoms. The van der Waals surface area contributed by atoms with Gasteiger partial charge in [-0.15, -0.1) is 0 Å². The Kier molecular flexibility index (Phi) is 5.90. The molecular formula is C9H16N2O2. The molecule has 0 heterocycles. The third kappa shape index (κ3) is 6.12. The Morgan fingerprint density at radius 2 is 2.23 bits per heavy atom. The summed E-state index contributed by atoms with van der Waals surface area (Å²) in [6, 6.07) is 1.58. The van der Waals surface area contributed by atoms with Crippen LogP contribution in [-0.2, 0) is 9.53 Å². The lowest BCUT2D eigenvalue weighted by Gasteiger charge is -2.10. The van der Waals surface area contributed by atoms with Gasteiger partial charge in [-0.2, -0.15) is 5.26 Å². The molecule has 0 rings (SSSR count). The van der Waals surface area contributed by atoms with E-state index in [9.17, 15) is 4.79 Å². The van der Waals surface area contributed by atoms with Gasteiger partial charge in [0.05, 0.1) is 12.2 Å². The molecule has 4 heteroatoms. The first-order chi connectivity index (χ1) is 6.10. The van der Waals surface area contributed by atoms with Crippen molar-refractivity contribution >= 4 is 5.91 Å². The number of hydrogen-bond donors (Lipinski definition) is 1. The number of nitrogens with one attached hydrogen (secondary N) is 1. The largest absolute Gasteiger partial charge is 0.369 e. The molecule has 0 aliphatic rings. The van der Waals surface area contributed by atoms with Crippen molar-refractivity contribution in [2.45, 2.75) is 39.3 Å². The number of carbonyl (C=O) groups excluding carboxylic acids is 1. The Hall–Kier alpha value is -1.08. The van der Waals surface area contributed by atoms with Crippen LogP contribution in [0.2, 0.25) is 0 Å². The summed E-state index contributed by atoms with van der Waals surface area (Å²) in [5.74, 6) is -0.234.